The van der Waals surface area contributed by atoms with Crippen molar-refractivity contribution in [1.29, 1.82) is 0 Å². The summed E-state index contributed by atoms with van der Waals surface area (Å²) in [6, 6.07) is 7.22. The van der Waals surface area contributed by atoms with E-state index in [1.165, 1.54) is 23.1 Å². The molecule has 2 N–H and O–H groups in total. The molecular formula is C19H23N5O4S2. The topological polar surface area (TPSA) is 114 Å². The average molecular weight is 450 g/mol. The lowest BCUT2D eigenvalue weighted by molar-refractivity contribution is -0.122. The van der Waals surface area contributed by atoms with Gasteiger partial charge in [0, 0.05) is 19.5 Å². The van der Waals surface area contributed by atoms with Crippen LogP contribution in [-0.4, -0.2) is 53.9 Å². The van der Waals surface area contributed by atoms with E-state index in [9.17, 15) is 14.4 Å². The van der Waals surface area contributed by atoms with Gasteiger partial charge in [0.1, 0.15) is 5.75 Å². The quantitative estimate of drug-likeness (QED) is 0.445. The first kappa shape index (κ1) is 22.0. The molecule has 9 nitrogen and oxygen atoms in total. The van der Waals surface area contributed by atoms with E-state index in [1.807, 2.05) is 19.1 Å². The van der Waals surface area contributed by atoms with Crippen LogP contribution >= 0.6 is 23.1 Å². The maximum absolute atomic E-state index is 12.6. The summed E-state index contributed by atoms with van der Waals surface area (Å²) < 4.78 is 5.91. The zero-order valence-electron chi connectivity index (χ0n) is 16.7. The smallest absolute Gasteiger partial charge is 0.231 e. The van der Waals surface area contributed by atoms with Gasteiger partial charge in [-0.25, -0.2) is 0 Å². The summed E-state index contributed by atoms with van der Waals surface area (Å²) in [5, 5.41) is 13.8. The van der Waals surface area contributed by atoms with Gasteiger partial charge in [0.05, 0.1) is 24.5 Å². The zero-order valence-corrected chi connectivity index (χ0v) is 18.3. The number of carbonyl (C=O) groups excluding carboxylic acids is 3. The molecule has 2 aromatic rings. The number of benzene rings is 1. The molecule has 30 heavy (non-hydrogen) atoms. The Morgan fingerprint density at radius 3 is 2.90 bits per heavy atom. The van der Waals surface area contributed by atoms with Crippen molar-refractivity contribution in [2.24, 2.45) is 5.92 Å². The lowest BCUT2D eigenvalue weighted by Crippen LogP contribution is -2.28. The molecule has 1 aliphatic heterocycles. The molecule has 1 fully saturated rings. The van der Waals surface area contributed by atoms with Crippen molar-refractivity contribution in [3.05, 3.63) is 24.3 Å². The van der Waals surface area contributed by atoms with Crippen LogP contribution in [0.2, 0.25) is 0 Å². The first-order valence-electron chi connectivity index (χ1n) is 9.49. The van der Waals surface area contributed by atoms with Crippen LogP contribution in [0.5, 0.6) is 5.75 Å². The number of hydrogen-bond donors (Lipinski definition) is 2. The highest BCUT2D eigenvalue weighted by Gasteiger charge is 2.36. The van der Waals surface area contributed by atoms with E-state index in [0.29, 0.717) is 27.5 Å². The zero-order chi connectivity index (χ0) is 21.5. The number of thioether (sulfide) groups is 1. The van der Waals surface area contributed by atoms with Gasteiger partial charge in [-0.3, -0.25) is 14.4 Å². The van der Waals surface area contributed by atoms with E-state index in [4.69, 9.17) is 4.74 Å². The Balaban J connectivity index is 1.55. The van der Waals surface area contributed by atoms with Crippen LogP contribution in [0.25, 0.3) is 0 Å². The largest absolute Gasteiger partial charge is 0.495 e. The Hall–Kier alpha value is -2.66. The molecule has 0 aliphatic carbocycles. The molecular weight excluding hydrogens is 426 g/mol. The third-order valence-electron chi connectivity index (χ3n) is 4.41. The van der Waals surface area contributed by atoms with Gasteiger partial charge in [0.15, 0.2) is 4.34 Å². The molecule has 1 aromatic heterocycles. The average Bonchev–Trinajstić information content (AvgIpc) is 3.36. The Labute approximate surface area is 182 Å². The van der Waals surface area contributed by atoms with Gasteiger partial charge >= 0.3 is 0 Å². The second-order valence-corrected chi connectivity index (χ2v) is 8.78. The maximum Gasteiger partial charge on any atom is 0.231 e. The fourth-order valence-electron chi connectivity index (χ4n) is 2.94. The molecule has 0 radical (unpaired) electrons. The predicted octanol–water partition coefficient (Wildman–Crippen LogP) is 2.16. The number of hydrogen-bond acceptors (Lipinski definition) is 8. The van der Waals surface area contributed by atoms with Crippen LogP contribution in [0.4, 0.5) is 10.8 Å². The predicted molar refractivity (Wildman–Crippen MR) is 116 cm³/mol. The summed E-state index contributed by atoms with van der Waals surface area (Å²) in [5.41, 5.74) is 0.649. The molecule has 0 saturated carbocycles. The fourth-order valence-corrected chi connectivity index (χ4v) is 4.52. The number of amides is 3. The molecule has 3 amide bonds. The van der Waals surface area contributed by atoms with Crippen molar-refractivity contribution in [2.75, 3.05) is 36.2 Å². The standard InChI is InChI=1S/C19H23N5O4S2/c1-3-8-20-15(25)11-29-19-23-22-18(30-19)21-17(27)12-9-16(26)24(10-12)13-6-4-5-7-14(13)28-2/h4-7,12H,3,8-11H2,1-2H3,(H,20,25)(H,21,22,27)/t12-/m0/s1. The van der Waals surface area contributed by atoms with Crippen LogP contribution in [0.1, 0.15) is 19.8 Å². The number of methoxy groups -OCH3 is 1. The van der Waals surface area contributed by atoms with Gasteiger partial charge in [-0.2, -0.15) is 0 Å². The van der Waals surface area contributed by atoms with Gasteiger partial charge < -0.3 is 20.3 Å². The molecule has 2 heterocycles. The van der Waals surface area contributed by atoms with E-state index < -0.39 is 5.92 Å². The van der Waals surface area contributed by atoms with Crippen molar-refractivity contribution >= 4 is 51.6 Å². The Morgan fingerprint density at radius 2 is 2.13 bits per heavy atom. The van der Waals surface area contributed by atoms with Crippen molar-refractivity contribution in [3.8, 4) is 5.75 Å². The molecule has 1 atom stereocenters. The van der Waals surface area contributed by atoms with E-state index in [1.54, 1.807) is 24.1 Å². The first-order chi connectivity index (χ1) is 14.5. The van der Waals surface area contributed by atoms with Crippen molar-refractivity contribution in [2.45, 2.75) is 24.1 Å². The van der Waals surface area contributed by atoms with Crippen molar-refractivity contribution in [3.63, 3.8) is 0 Å². The van der Waals surface area contributed by atoms with E-state index in [2.05, 4.69) is 20.8 Å². The number of nitrogens with zero attached hydrogens (tertiary/aromatic N) is 3. The molecule has 0 spiro atoms. The summed E-state index contributed by atoms with van der Waals surface area (Å²) in [6.45, 7) is 2.90. The van der Waals surface area contributed by atoms with Crippen LogP contribution in [-0.2, 0) is 14.4 Å². The third kappa shape index (κ3) is 5.48. The normalized spacial score (nSPS) is 15.9. The van der Waals surface area contributed by atoms with Crippen molar-refractivity contribution < 1.29 is 19.1 Å². The van der Waals surface area contributed by atoms with Gasteiger partial charge in [-0.1, -0.05) is 42.2 Å². The summed E-state index contributed by atoms with van der Waals surface area (Å²) in [5.74, 6) is -0.153. The maximum atomic E-state index is 12.6. The number of rotatable bonds is 9. The lowest BCUT2D eigenvalue weighted by Gasteiger charge is -2.19. The number of aromatic nitrogens is 2. The Kier molecular flexibility index (Phi) is 7.63. The van der Waals surface area contributed by atoms with Crippen molar-refractivity contribution in [1.82, 2.24) is 15.5 Å². The van der Waals surface area contributed by atoms with Gasteiger partial charge in [-0.15, -0.1) is 10.2 Å². The number of anilines is 2. The molecule has 3 rings (SSSR count). The van der Waals surface area contributed by atoms with Gasteiger partial charge in [0.2, 0.25) is 22.9 Å². The molecule has 0 unspecified atom stereocenters. The van der Waals surface area contributed by atoms with E-state index in [-0.39, 0.29) is 36.4 Å². The minimum Gasteiger partial charge on any atom is -0.495 e. The lowest BCUT2D eigenvalue weighted by atomic mass is 10.1. The Bertz CT molecular complexity index is 920. The molecule has 1 aliphatic rings. The van der Waals surface area contributed by atoms with Crippen LogP contribution in [0.3, 0.4) is 0 Å². The number of para-hydroxylation sites is 2. The molecule has 0 bridgehead atoms. The minimum absolute atomic E-state index is 0.0662. The van der Waals surface area contributed by atoms with Crippen LogP contribution in [0.15, 0.2) is 28.6 Å². The van der Waals surface area contributed by atoms with Crippen LogP contribution < -0.4 is 20.3 Å². The molecule has 160 valence electrons. The summed E-state index contributed by atoms with van der Waals surface area (Å²) in [6.07, 6.45) is 0.992. The highest BCUT2D eigenvalue weighted by atomic mass is 32.2. The minimum atomic E-state index is -0.498. The number of nitrogens with one attached hydrogen (secondary N) is 2. The third-order valence-corrected chi connectivity index (χ3v) is 6.38. The second-order valence-electron chi connectivity index (χ2n) is 6.58. The summed E-state index contributed by atoms with van der Waals surface area (Å²) >= 11 is 2.47. The Morgan fingerprint density at radius 1 is 1.33 bits per heavy atom. The summed E-state index contributed by atoms with van der Waals surface area (Å²) in [4.78, 5) is 38.3. The van der Waals surface area contributed by atoms with E-state index in [0.717, 1.165) is 6.42 Å². The molecule has 11 heteroatoms. The SMILES string of the molecule is CCCNC(=O)CSc1nnc(NC(=O)[C@H]2CC(=O)N(c3ccccc3OC)C2)s1. The highest BCUT2D eigenvalue weighted by Crippen LogP contribution is 2.33. The van der Waals surface area contributed by atoms with Crippen LogP contribution in [0, 0.1) is 5.92 Å². The fraction of sp³-hybridized carbons (Fsp3) is 0.421. The second kappa shape index (κ2) is 10.4. The number of carbonyl (C=O) groups is 3. The first-order valence-corrected chi connectivity index (χ1v) is 11.3. The highest BCUT2D eigenvalue weighted by molar-refractivity contribution is 8.01. The van der Waals surface area contributed by atoms with Gasteiger partial charge in [0.25, 0.3) is 0 Å². The number of ether oxygens (including phenoxy) is 1. The van der Waals surface area contributed by atoms with Gasteiger partial charge in [-0.05, 0) is 18.6 Å². The summed E-state index contributed by atoms with van der Waals surface area (Å²) in [7, 11) is 1.54. The monoisotopic (exact) mass is 449 g/mol. The molecule has 1 aromatic carbocycles. The van der Waals surface area contributed by atoms with E-state index >= 15 is 0 Å². The molecule has 1 saturated heterocycles.